The van der Waals surface area contributed by atoms with Crippen molar-refractivity contribution in [3.05, 3.63) is 23.4 Å². The highest BCUT2D eigenvalue weighted by Gasteiger charge is 2.23. The predicted octanol–water partition coefficient (Wildman–Crippen LogP) is 1.20. The highest BCUT2D eigenvalue weighted by molar-refractivity contribution is 7.13. The van der Waals surface area contributed by atoms with Crippen molar-refractivity contribution in [3.8, 4) is 10.7 Å². The van der Waals surface area contributed by atoms with Crippen LogP contribution in [0.1, 0.15) is 5.89 Å². The van der Waals surface area contributed by atoms with Gasteiger partial charge in [0.05, 0.1) is 11.4 Å². The monoisotopic (exact) mass is 250 g/mol. The van der Waals surface area contributed by atoms with Crippen LogP contribution in [0, 0.1) is 0 Å². The Hall–Kier alpha value is -1.24. The molecule has 17 heavy (non-hydrogen) atoms. The number of aromatic nitrogens is 2. The van der Waals surface area contributed by atoms with Crippen LogP contribution in [0.4, 0.5) is 0 Å². The van der Waals surface area contributed by atoms with Crippen LogP contribution in [-0.2, 0) is 6.54 Å². The lowest BCUT2D eigenvalue weighted by Crippen LogP contribution is -2.55. The molecule has 2 aromatic heterocycles. The Kier molecular flexibility index (Phi) is 2.92. The molecule has 3 rings (SSSR count). The summed E-state index contributed by atoms with van der Waals surface area (Å²) in [4.78, 5) is 7.69. The fourth-order valence-corrected chi connectivity index (χ4v) is 2.40. The third kappa shape index (κ3) is 2.24. The maximum Gasteiger partial charge on any atom is 0.241 e. The molecule has 1 aliphatic rings. The Labute approximate surface area is 103 Å². The van der Waals surface area contributed by atoms with Crippen molar-refractivity contribution in [2.24, 2.45) is 0 Å². The van der Waals surface area contributed by atoms with Crippen LogP contribution in [0.5, 0.6) is 0 Å². The van der Waals surface area contributed by atoms with Gasteiger partial charge in [0.1, 0.15) is 0 Å². The molecule has 6 heteroatoms. The third-order valence-corrected chi connectivity index (χ3v) is 3.84. The van der Waals surface area contributed by atoms with E-state index in [2.05, 4.69) is 27.4 Å². The van der Waals surface area contributed by atoms with E-state index in [0.29, 0.717) is 24.3 Å². The molecule has 5 nitrogen and oxygen atoms in total. The summed E-state index contributed by atoms with van der Waals surface area (Å²) >= 11 is 1.62. The molecule has 1 N–H and O–H groups in total. The Morgan fingerprint density at radius 1 is 1.59 bits per heavy atom. The topological polar surface area (TPSA) is 54.2 Å². The first-order valence-corrected chi connectivity index (χ1v) is 6.48. The number of nitrogens with one attached hydrogen (secondary N) is 1. The molecule has 0 unspecified atom stereocenters. The normalized spacial score (nSPS) is 16.4. The summed E-state index contributed by atoms with van der Waals surface area (Å²) in [5.74, 6) is 1.37. The molecule has 0 aliphatic carbocycles. The van der Waals surface area contributed by atoms with Crippen molar-refractivity contribution >= 4 is 11.3 Å². The van der Waals surface area contributed by atoms with Crippen LogP contribution >= 0.6 is 11.3 Å². The van der Waals surface area contributed by atoms with Gasteiger partial charge in [0.2, 0.25) is 11.7 Å². The lowest BCUT2D eigenvalue weighted by molar-refractivity contribution is 0.155. The van der Waals surface area contributed by atoms with Crippen molar-refractivity contribution in [3.63, 3.8) is 0 Å². The van der Waals surface area contributed by atoms with Gasteiger partial charge in [0.15, 0.2) is 0 Å². The molecule has 1 saturated heterocycles. The standard InChI is InChI=1S/C11H14N4OS/c1-15(8-5-12-6-8)7-10-13-11(14-16-10)9-3-2-4-17-9/h2-4,8,12H,5-7H2,1H3. The zero-order valence-corrected chi connectivity index (χ0v) is 10.4. The van der Waals surface area contributed by atoms with E-state index in [4.69, 9.17) is 4.52 Å². The first-order valence-electron chi connectivity index (χ1n) is 5.60. The molecular weight excluding hydrogens is 236 g/mol. The van der Waals surface area contributed by atoms with Gasteiger partial charge in [0, 0.05) is 19.1 Å². The average molecular weight is 250 g/mol. The second-order valence-corrected chi connectivity index (χ2v) is 5.16. The third-order valence-electron chi connectivity index (χ3n) is 2.98. The predicted molar refractivity (Wildman–Crippen MR) is 65.7 cm³/mol. The molecule has 90 valence electrons. The Morgan fingerprint density at radius 2 is 2.47 bits per heavy atom. The van der Waals surface area contributed by atoms with E-state index in [1.165, 1.54) is 0 Å². The van der Waals surface area contributed by atoms with Crippen LogP contribution in [0.15, 0.2) is 22.0 Å². The summed E-state index contributed by atoms with van der Waals surface area (Å²) in [5, 5.41) is 9.26. The molecule has 0 saturated carbocycles. The van der Waals surface area contributed by atoms with Gasteiger partial charge in [-0.05, 0) is 18.5 Å². The van der Waals surface area contributed by atoms with Gasteiger partial charge >= 0.3 is 0 Å². The van der Waals surface area contributed by atoms with Gasteiger partial charge in [-0.1, -0.05) is 11.2 Å². The molecule has 3 heterocycles. The largest absolute Gasteiger partial charge is 0.338 e. The Bertz CT molecular complexity index is 477. The summed E-state index contributed by atoms with van der Waals surface area (Å²) in [6, 6.07) is 4.58. The van der Waals surface area contributed by atoms with E-state index >= 15 is 0 Å². The number of likely N-dealkylation sites (N-methyl/N-ethyl adjacent to an activating group) is 1. The first kappa shape index (κ1) is 10.9. The van der Waals surface area contributed by atoms with Gasteiger partial charge in [-0.15, -0.1) is 11.3 Å². The summed E-state index contributed by atoms with van der Waals surface area (Å²) in [5.41, 5.74) is 0. The van der Waals surface area contributed by atoms with Gasteiger partial charge in [-0.2, -0.15) is 4.98 Å². The smallest absolute Gasteiger partial charge is 0.241 e. The summed E-state index contributed by atoms with van der Waals surface area (Å²) in [7, 11) is 2.08. The summed E-state index contributed by atoms with van der Waals surface area (Å²) < 4.78 is 5.26. The molecule has 0 atom stereocenters. The van der Waals surface area contributed by atoms with Crippen LogP contribution < -0.4 is 5.32 Å². The van der Waals surface area contributed by atoms with E-state index in [0.717, 1.165) is 18.0 Å². The number of rotatable bonds is 4. The quantitative estimate of drug-likeness (QED) is 0.883. The van der Waals surface area contributed by atoms with Gasteiger partial charge in [-0.3, -0.25) is 4.90 Å². The summed E-state index contributed by atoms with van der Waals surface area (Å²) in [6.45, 7) is 2.80. The van der Waals surface area contributed by atoms with E-state index in [1.54, 1.807) is 11.3 Å². The number of hydrogen-bond donors (Lipinski definition) is 1. The highest BCUT2D eigenvalue weighted by Crippen LogP contribution is 2.21. The number of hydrogen-bond acceptors (Lipinski definition) is 6. The fraction of sp³-hybridized carbons (Fsp3) is 0.455. The van der Waals surface area contributed by atoms with Gasteiger partial charge < -0.3 is 9.84 Å². The minimum Gasteiger partial charge on any atom is -0.338 e. The fourth-order valence-electron chi connectivity index (χ4n) is 1.75. The molecule has 0 spiro atoms. The van der Waals surface area contributed by atoms with E-state index in [-0.39, 0.29) is 0 Å². The van der Waals surface area contributed by atoms with Crippen LogP contribution in [0.3, 0.4) is 0 Å². The van der Waals surface area contributed by atoms with Crippen molar-refractivity contribution < 1.29 is 4.52 Å². The zero-order valence-electron chi connectivity index (χ0n) is 9.59. The van der Waals surface area contributed by atoms with Crippen molar-refractivity contribution in [2.75, 3.05) is 20.1 Å². The van der Waals surface area contributed by atoms with Crippen molar-refractivity contribution in [1.82, 2.24) is 20.4 Å². The van der Waals surface area contributed by atoms with Crippen molar-refractivity contribution in [1.29, 1.82) is 0 Å². The second-order valence-electron chi connectivity index (χ2n) is 4.22. The zero-order chi connectivity index (χ0) is 11.7. The van der Waals surface area contributed by atoms with Crippen molar-refractivity contribution in [2.45, 2.75) is 12.6 Å². The van der Waals surface area contributed by atoms with Crippen LogP contribution in [0.2, 0.25) is 0 Å². The maximum atomic E-state index is 5.26. The molecule has 0 bridgehead atoms. The molecule has 1 fully saturated rings. The highest BCUT2D eigenvalue weighted by atomic mass is 32.1. The molecule has 0 aromatic carbocycles. The molecule has 0 amide bonds. The minimum absolute atomic E-state index is 0.590. The van der Waals surface area contributed by atoms with E-state index in [1.807, 2.05) is 17.5 Å². The van der Waals surface area contributed by atoms with Crippen LogP contribution in [-0.4, -0.2) is 41.2 Å². The van der Waals surface area contributed by atoms with E-state index in [9.17, 15) is 0 Å². The SMILES string of the molecule is CN(Cc1nc(-c2cccs2)no1)C1CNC1. The first-order chi connectivity index (χ1) is 8.33. The Morgan fingerprint density at radius 3 is 3.12 bits per heavy atom. The average Bonchev–Trinajstić information content (AvgIpc) is 2.82. The molecule has 0 radical (unpaired) electrons. The van der Waals surface area contributed by atoms with Crippen LogP contribution in [0.25, 0.3) is 10.7 Å². The second kappa shape index (κ2) is 4.56. The number of nitrogens with zero attached hydrogens (tertiary/aromatic N) is 3. The van der Waals surface area contributed by atoms with Gasteiger partial charge in [-0.25, -0.2) is 0 Å². The van der Waals surface area contributed by atoms with E-state index < -0.39 is 0 Å². The molecule has 2 aromatic rings. The lowest BCUT2D eigenvalue weighted by atomic mass is 10.1. The lowest BCUT2D eigenvalue weighted by Gasteiger charge is -2.34. The molecular formula is C11H14N4OS. The maximum absolute atomic E-state index is 5.26. The Balaban J connectivity index is 1.68. The molecule has 1 aliphatic heterocycles. The van der Waals surface area contributed by atoms with Gasteiger partial charge in [0.25, 0.3) is 0 Å². The summed E-state index contributed by atoms with van der Waals surface area (Å²) in [6.07, 6.45) is 0. The minimum atomic E-state index is 0.590. The number of thiophene rings is 1.